The van der Waals surface area contributed by atoms with Crippen LogP contribution in [0.25, 0.3) is 71.4 Å². The van der Waals surface area contributed by atoms with E-state index in [0.717, 1.165) is 6.42 Å². The molecule has 0 amide bonds. The number of rotatable bonds is 1. The summed E-state index contributed by atoms with van der Waals surface area (Å²) >= 11 is 0. The first-order chi connectivity index (χ1) is 18.9. The Bertz CT molecular complexity index is 2430. The molecule has 0 N–H and O–H groups in total. The number of aromatic nitrogens is 2. The molecule has 5 aromatic carbocycles. The van der Waals surface area contributed by atoms with Crippen LogP contribution in [0.1, 0.15) is 29.2 Å². The Morgan fingerprint density at radius 3 is 1.82 bits per heavy atom. The molecule has 0 spiro atoms. The van der Waals surface area contributed by atoms with E-state index >= 15 is 0 Å². The monoisotopic (exact) mass is 482 g/mol. The van der Waals surface area contributed by atoms with E-state index in [1.54, 1.807) is 0 Å². The third-order valence-corrected chi connectivity index (χ3v) is 9.14. The molecule has 2 heteroatoms. The molecule has 0 fully saturated rings. The Morgan fingerprint density at radius 2 is 1.08 bits per heavy atom. The molecular weight excluding hydrogens is 460 g/mol. The van der Waals surface area contributed by atoms with Crippen molar-refractivity contribution in [2.45, 2.75) is 12.3 Å². The summed E-state index contributed by atoms with van der Waals surface area (Å²) in [6, 6.07) is 38.5. The van der Waals surface area contributed by atoms with Gasteiger partial charge in [-0.15, -0.1) is 0 Å². The average molecular weight is 483 g/mol. The van der Waals surface area contributed by atoms with Gasteiger partial charge in [-0.05, 0) is 30.2 Å². The van der Waals surface area contributed by atoms with Crippen LogP contribution in [0.3, 0.4) is 0 Å². The molecule has 0 saturated heterocycles. The van der Waals surface area contributed by atoms with Gasteiger partial charge in [0.15, 0.2) is 0 Å². The Balaban J connectivity index is 1.32. The smallest absolute Gasteiger partial charge is 0.0620 e. The normalized spacial score (nSPS) is 15.9. The first-order valence-electron chi connectivity index (χ1n) is 13.5. The maximum Gasteiger partial charge on any atom is 0.0620 e. The molecule has 176 valence electrons. The molecule has 1 aliphatic rings. The van der Waals surface area contributed by atoms with Gasteiger partial charge in [0.2, 0.25) is 0 Å². The second kappa shape index (κ2) is 6.54. The van der Waals surface area contributed by atoms with Gasteiger partial charge in [-0.1, -0.05) is 97.1 Å². The third-order valence-electron chi connectivity index (χ3n) is 9.14. The molecule has 4 aromatic heterocycles. The van der Waals surface area contributed by atoms with Crippen molar-refractivity contribution in [1.82, 2.24) is 8.80 Å². The lowest BCUT2D eigenvalue weighted by Crippen LogP contribution is -2.08. The van der Waals surface area contributed by atoms with Crippen LogP contribution in [-0.2, 0) is 0 Å². The maximum absolute atomic E-state index is 2.56. The zero-order valence-corrected chi connectivity index (χ0v) is 20.6. The van der Waals surface area contributed by atoms with E-state index in [2.05, 4.69) is 124 Å². The van der Waals surface area contributed by atoms with Gasteiger partial charge in [0.25, 0.3) is 0 Å². The summed E-state index contributed by atoms with van der Waals surface area (Å²) in [4.78, 5) is 0. The first kappa shape index (κ1) is 19.3. The predicted octanol–water partition coefficient (Wildman–Crippen LogP) is 9.38. The lowest BCUT2D eigenvalue weighted by atomic mass is 9.85. The van der Waals surface area contributed by atoms with Crippen LogP contribution in [0.2, 0.25) is 0 Å². The summed E-state index contributed by atoms with van der Waals surface area (Å²) in [5.41, 5.74) is 10.8. The molecule has 1 unspecified atom stereocenters. The topological polar surface area (TPSA) is 8.82 Å². The molecule has 38 heavy (non-hydrogen) atoms. The zero-order valence-electron chi connectivity index (χ0n) is 20.6. The number of fused-ring (bicyclic) bond motifs is 12. The second-order valence-corrected chi connectivity index (χ2v) is 10.9. The SMILES string of the molecule is C1=Cc2c(n3c4ccccc4c4cccc2c43)C(c2ccc3c4cccc5c6ccccc6n(c3c2)c54)C1. The number of allylic oxidation sites excluding steroid dienone is 1. The minimum Gasteiger partial charge on any atom is -0.311 e. The summed E-state index contributed by atoms with van der Waals surface area (Å²) in [7, 11) is 0. The van der Waals surface area contributed by atoms with Gasteiger partial charge in [0.1, 0.15) is 0 Å². The minimum atomic E-state index is 0.299. The lowest BCUT2D eigenvalue weighted by molar-refractivity contribution is 0.783. The Labute approximate surface area is 218 Å². The van der Waals surface area contributed by atoms with Crippen molar-refractivity contribution in [2.75, 3.05) is 0 Å². The predicted molar refractivity (Wildman–Crippen MR) is 160 cm³/mol. The zero-order chi connectivity index (χ0) is 24.5. The van der Waals surface area contributed by atoms with Gasteiger partial charge in [-0.3, -0.25) is 0 Å². The maximum atomic E-state index is 2.56. The van der Waals surface area contributed by atoms with Crippen LogP contribution < -0.4 is 0 Å². The van der Waals surface area contributed by atoms with Crippen molar-refractivity contribution < 1.29 is 0 Å². The van der Waals surface area contributed by atoms with Crippen LogP contribution in [-0.4, -0.2) is 8.80 Å². The van der Waals surface area contributed by atoms with Crippen LogP contribution in [0.15, 0.2) is 109 Å². The molecule has 0 radical (unpaired) electrons. The Morgan fingerprint density at radius 1 is 0.500 bits per heavy atom. The van der Waals surface area contributed by atoms with Crippen molar-refractivity contribution >= 4 is 71.4 Å². The highest BCUT2D eigenvalue weighted by molar-refractivity contribution is 6.23. The van der Waals surface area contributed by atoms with Crippen molar-refractivity contribution in [3.8, 4) is 0 Å². The third kappa shape index (κ3) is 2.10. The van der Waals surface area contributed by atoms with Crippen LogP contribution in [0.4, 0.5) is 0 Å². The van der Waals surface area contributed by atoms with Gasteiger partial charge in [-0.25, -0.2) is 0 Å². The van der Waals surface area contributed by atoms with Gasteiger partial charge in [0, 0.05) is 54.9 Å². The number of hydrogen-bond acceptors (Lipinski definition) is 0. The summed E-state index contributed by atoms with van der Waals surface area (Å²) in [5.74, 6) is 0.299. The number of hydrogen-bond donors (Lipinski definition) is 0. The van der Waals surface area contributed by atoms with Crippen molar-refractivity contribution in [3.05, 3.63) is 126 Å². The van der Waals surface area contributed by atoms with E-state index in [0.29, 0.717) is 5.92 Å². The van der Waals surface area contributed by atoms with E-state index < -0.39 is 0 Å². The van der Waals surface area contributed by atoms with Crippen molar-refractivity contribution in [2.24, 2.45) is 0 Å². The van der Waals surface area contributed by atoms with Gasteiger partial charge in [-0.2, -0.15) is 0 Å². The standard InChI is InChI=1S/C36H22N2/c1-3-16-31-23(8-1)26-11-6-13-28-25-19-18-21(20-33(25)37(31)35(26)28)22-10-5-14-29-30-15-7-12-27-24-9-2-4-17-32(24)38(34(22)29)36(27)30/h1-9,11-20,22H,10H2. The van der Waals surface area contributed by atoms with Crippen LogP contribution >= 0.6 is 0 Å². The summed E-state index contributed by atoms with van der Waals surface area (Å²) in [6.07, 6.45) is 5.74. The molecule has 1 aliphatic carbocycles. The minimum absolute atomic E-state index is 0.299. The molecule has 0 bridgehead atoms. The number of para-hydroxylation sites is 4. The fraction of sp³-hybridized carbons (Fsp3) is 0.0556. The molecular formula is C36H22N2. The van der Waals surface area contributed by atoms with Gasteiger partial charge < -0.3 is 8.80 Å². The first-order valence-corrected chi connectivity index (χ1v) is 13.5. The summed E-state index contributed by atoms with van der Waals surface area (Å²) in [6.45, 7) is 0. The van der Waals surface area contributed by atoms with E-state index in [9.17, 15) is 0 Å². The van der Waals surface area contributed by atoms with Gasteiger partial charge >= 0.3 is 0 Å². The highest BCUT2D eigenvalue weighted by atomic mass is 14.9. The molecule has 0 saturated carbocycles. The Kier molecular flexibility index (Phi) is 3.32. The van der Waals surface area contributed by atoms with Crippen molar-refractivity contribution in [3.63, 3.8) is 0 Å². The second-order valence-electron chi connectivity index (χ2n) is 10.9. The van der Waals surface area contributed by atoms with E-state index in [1.807, 2.05) is 0 Å². The highest BCUT2D eigenvalue weighted by Gasteiger charge is 2.29. The number of nitrogens with zero attached hydrogens (tertiary/aromatic N) is 2. The van der Waals surface area contributed by atoms with Crippen LogP contribution in [0, 0.1) is 0 Å². The van der Waals surface area contributed by atoms with Crippen LogP contribution in [0.5, 0.6) is 0 Å². The van der Waals surface area contributed by atoms with E-state index in [-0.39, 0.29) is 0 Å². The fourth-order valence-electron chi connectivity index (χ4n) is 7.66. The molecule has 1 atom stereocenters. The lowest BCUT2D eigenvalue weighted by Gasteiger charge is -2.21. The largest absolute Gasteiger partial charge is 0.311 e. The Hall–Kier alpha value is -4.82. The summed E-state index contributed by atoms with van der Waals surface area (Å²) in [5, 5.41) is 9.41. The molecule has 0 aliphatic heterocycles. The quantitative estimate of drug-likeness (QED) is 0.220. The number of benzene rings is 5. The molecule has 2 nitrogen and oxygen atoms in total. The van der Waals surface area contributed by atoms with Gasteiger partial charge in [0.05, 0.1) is 27.6 Å². The van der Waals surface area contributed by atoms with Crippen molar-refractivity contribution in [1.29, 1.82) is 0 Å². The van der Waals surface area contributed by atoms with E-state index in [4.69, 9.17) is 0 Å². The summed E-state index contributed by atoms with van der Waals surface area (Å²) < 4.78 is 5.06. The fourth-order valence-corrected chi connectivity index (χ4v) is 7.66. The van der Waals surface area contributed by atoms with E-state index in [1.165, 1.54) is 82.1 Å². The highest BCUT2D eigenvalue weighted by Crippen LogP contribution is 2.46. The molecule has 9 aromatic rings. The average Bonchev–Trinajstić information content (AvgIpc) is 3.70. The molecule has 10 rings (SSSR count). The molecule has 4 heterocycles.